The fraction of sp³-hybridized carbons (Fsp3) is 0.500. The van der Waals surface area contributed by atoms with Crippen LogP contribution in [-0.2, 0) is 0 Å². The van der Waals surface area contributed by atoms with Gasteiger partial charge in [-0.15, -0.1) is 0 Å². The normalized spacial score (nSPS) is 11.9. The predicted molar refractivity (Wildman–Crippen MR) is 69.5 cm³/mol. The third kappa shape index (κ3) is 3.62. The monoisotopic (exact) mass is 236 g/mol. The summed E-state index contributed by atoms with van der Waals surface area (Å²) in [5, 5.41) is 11.8. The summed E-state index contributed by atoms with van der Waals surface area (Å²) < 4.78 is 0. The van der Waals surface area contributed by atoms with Crippen molar-refractivity contribution in [2.24, 2.45) is 16.8 Å². The molecule has 0 fully saturated rings. The third-order valence-corrected chi connectivity index (χ3v) is 2.64. The van der Waals surface area contributed by atoms with Crippen LogP contribution in [0.25, 0.3) is 0 Å². The number of amidine groups is 1. The van der Waals surface area contributed by atoms with Gasteiger partial charge in [0.15, 0.2) is 5.84 Å². The molecule has 1 rings (SSSR count). The molecule has 1 aromatic rings. The number of rotatable bonds is 5. The summed E-state index contributed by atoms with van der Waals surface area (Å²) in [4.78, 5) is 6.15. The molecule has 0 amide bonds. The zero-order chi connectivity index (χ0) is 12.8. The molecule has 0 atom stereocenters. The highest BCUT2D eigenvalue weighted by Crippen LogP contribution is 2.18. The Morgan fingerprint density at radius 2 is 2.29 bits per heavy atom. The maximum atomic E-state index is 8.74. The number of nitrogens with zero attached hydrogens (tertiary/aromatic N) is 3. The first kappa shape index (κ1) is 13.3. The Labute approximate surface area is 102 Å². The molecule has 5 nitrogen and oxygen atoms in total. The van der Waals surface area contributed by atoms with Crippen LogP contribution in [0.5, 0.6) is 0 Å². The van der Waals surface area contributed by atoms with Crippen molar-refractivity contribution in [2.45, 2.75) is 20.3 Å². The van der Waals surface area contributed by atoms with Crippen molar-refractivity contribution < 1.29 is 5.21 Å². The van der Waals surface area contributed by atoms with Crippen molar-refractivity contribution in [1.29, 1.82) is 0 Å². The highest BCUT2D eigenvalue weighted by Gasteiger charge is 2.11. The minimum atomic E-state index is 0.110. The minimum Gasteiger partial charge on any atom is -0.409 e. The van der Waals surface area contributed by atoms with Crippen LogP contribution in [0.1, 0.15) is 25.8 Å². The highest BCUT2D eigenvalue weighted by atomic mass is 16.4. The van der Waals surface area contributed by atoms with E-state index in [9.17, 15) is 0 Å². The summed E-state index contributed by atoms with van der Waals surface area (Å²) in [6.07, 6.45) is 4.45. The molecule has 0 saturated carbocycles. The minimum absolute atomic E-state index is 0.110. The molecule has 1 heterocycles. The maximum absolute atomic E-state index is 8.74. The number of aromatic nitrogens is 1. The van der Waals surface area contributed by atoms with Gasteiger partial charge in [-0.3, -0.25) is 4.98 Å². The second-order valence-electron chi connectivity index (χ2n) is 4.48. The van der Waals surface area contributed by atoms with Gasteiger partial charge in [-0.05, 0) is 18.4 Å². The SMILES string of the molecule is CC(C)CCN(C)c1cnccc1/C(N)=N/O. The van der Waals surface area contributed by atoms with E-state index in [1.165, 1.54) is 0 Å². The molecule has 0 saturated heterocycles. The highest BCUT2D eigenvalue weighted by molar-refractivity contribution is 6.01. The lowest BCUT2D eigenvalue weighted by atomic mass is 10.1. The van der Waals surface area contributed by atoms with Crippen molar-refractivity contribution in [2.75, 3.05) is 18.5 Å². The molecule has 17 heavy (non-hydrogen) atoms. The van der Waals surface area contributed by atoms with Crippen molar-refractivity contribution >= 4 is 11.5 Å². The summed E-state index contributed by atoms with van der Waals surface area (Å²) in [5.41, 5.74) is 7.22. The first-order chi connectivity index (χ1) is 8.06. The van der Waals surface area contributed by atoms with Crippen LogP contribution in [0.3, 0.4) is 0 Å². The fourth-order valence-corrected chi connectivity index (χ4v) is 1.53. The average Bonchev–Trinajstić information content (AvgIpc) is 2.34. The Hall–Kier alpha value is -1.78. The molecule has 0 bridgehead atoms. The van der Waals surface area contributed by atoms with E-state index in [1.54, 1.807) is 18.5 Å². The second-order valence-corrected chi connectivity index (χ2v) is 4.48. The number of hydrogen-bond acceptors (Lipinski definition) is 4. The zero-order valence-corrected chi connectivity index (χ0v) is 10.6. The molecule has 0 aromatic carbocycles. The van der Waals surface area contributed by atoms with Gasteiger partial charge in [0, 0.05) is 25.4 Å². The van der Waals surface area contributed by atoms with E-state index in [0.717, 1.165) is 18.7 Å². The molecule has 0 aliphatic carbocycles. The largest absolute Gasteiger partial charge is 0.409 e. The van der Waals surface area contributed by atoms with E-state index in [1.807, 2.05) is 7.05 Å². The van der Waals surface area contributed by atoms with Crippen LogP contribution in [0.4, 0.5) is 5.69 Å². The number of nitrogens with two attached hydrogens (primary N) is 1. The standard InChI is InChI=1S/C12H20N4O/c1-9(2)5-7-16(3)11-8-14-6-4-10(11)12(13)15-17/h4,6,8-9,17H,5,7H2,1-3H3,(H2,13,15). The van der Waals surface area contributed by atoms with Crippen molar-refractivity contribution in [3.8, 4) is 0 Å². The lowest BCUT2D eigenvalue weighted by Gasteiger charge is -2.22. The molecular formula is C12H20N4O. The summed E-state index contributed by atoms with van der Waals surface area (Å²) in [5.74, 6) is 0.750. The smallest absolute Gasteiger partial charge is 0.172 e. The van der Waals surface area contributed by atoms with Gasteiger partial charge in [-0.25, -0.2) is 0 Å². The van der Waals surface area contributed by atoms with Crippen molar-refractivity contribution in [3.05, 3.63) is 24.0 Å². The Kier molecular flexibility index (Phi) is 4.75. The Bertz CT molecular complexity index is 390. The van der Waals surface area contributed by atoms with E-state index in [2.05, 4.69) is 28.9 Å². The lowest BCUT2D eigenvalue weighted by molar-refractivity contribution is 0.318. The summed E-state index contributed by atoms with van der Waals surface area (Å²) in [7, 11) is 1.98. The average molecular weight is 236 g/mol. The lowest BCUT2D eigenvalue weighted by Crippen LogP contribution is -2.24. The third-order valence-electron chi connectivity index (χ3n) is 2.64. The van der Waals surface area contributed by atoms with Gasteiger partial charge >= 0.3 is 0 Å². The molecule has 94 valence electrons. The van der Waals surface area contributed by atoms with Crippen molar-refractivity contribution in [1.82, 2.24) is 4.98 Å². The summed E-state index contributed by atoms with van der Waals surface area (Å²) in [6.45, 7) is 5.28. The molecule has 3 N–H and O–H groups in total. The van der Waals surface area contributed by atoms with Gasteiger partial charge < -0.3 is 15.8 Å². The van der Waals surface area contributed by atoms with Crippen molar-refractivity contribution in [3.63, 3.8) is 0 Å². The summed E-state index contributed by atoms with van der Waals surface area (Å²) in [6, 6.07) is 1.75. The Morgan fingerprint density at radius 1 is 1.59 bits per heavy atom. The molecule has 1 aromatic heterocycles. The zero-order valence-electron chi connectivity index (χ0n) is 10.6. The number of hydrogen-bond donors (Lipinski definition) is 2. The molecular weight excluding hydrogens is 216 g/mol. The van der Waals surface area contributed by atoms with Gasteiger partial charge in [-0.1, -0.05) is 19.0 Å². The maximum Gasteiger partial charge on any atom is 0.172 e. The first-order valence-corrected chi connectivity index (χ1v) is 5.69. The van der Waals surface area contributed by atoms with E-state index in [-0.39, 0.29) is 5.84 Å². The molecule has 0 spiro atoms. The summed E-state index contributed by atoms with van der Waals surface area (Å²) >= 11 is 0. The van der Waals surface area contributed by atoms with Crippen LogP contribution in [-0.4, -0.2) is 29.6 Å². The van der Waals surface area contributed by atoms with Gasteiger partial charge in [0.1, 0.15) is 0 Å². The van der Waals surface area contributed by atoms with Gasteiger partial charge in [0.2, 0.25) is 0 Å². The van der Waals surface area contributed by atoms with Gasteiger partial charge in [-0.2, -0.15) is 0 Å². The molecule has 0 aliphatic rings. The molecule has 5 heteroatoms. The van der Waals surface area contributed by atoms with Crippen LogP contribution in [0.15, 0.2) is 23.6 Å². The van der Waals surface area contributed by atoms with E-state index < -0.39 is 0 Å². The van der Waals surface area contributed by atoms with Crippen LogP contribution in [0.2, 0.25) is 0 Å². The topological polar surface area (TPSA) is 74.7 Å². The number of anilines is 1. The van der Waals surface area contributed by atoms with Crippen LogP contribution in [0, 0.1) is 5.92 Å². The van der Waals surface area contributed by atoms with Gasteiger partial charge in [0.25, 0.3) is 0 Å². The van der Waals surface area contributed by atoms with Crippen LogP contribution < -0.4 is 10.6 Å². The van der Waals surface area contributed by atoms with Gasteiger partial charge in [0.05, 0.1) is 11.9 Å². The number of oxime groups is 1. The Balaban J connectivity index is 2.89. The Morgan fingerprint density at radius 3 is 2.88 bits per heavy atom. The second kappa shape index (κ2) is 6.08. The van der Waals surface area contributed by atoms with E-state index >= 15 is 0 Å². The van der Waals surface area contributed by atoms with Crippen LogP contribution >= 0.6 is 0 Å². The van der Waals surface area contributed by atoms with E-state index in [4.69, 9.17) is 10.9 Å². The fourth-order valence-electron chi connectivity index (χ4n) is 1.53. The molecule has 0 radical (unpaired) electrons. The number of pyridine rings is 1. The quantitative estimate of drug-likeness (QED) is 0.353. The predicted octanol–water partition coefficient (Wildman–Crippen LogP) is 1.66. The van der Waals surface area contributed by atoms with E-state index in [0.29, 0.717) is 11.5 Å². The molecule has 0 unspecified atom stereocenters. The molecule has 0 aliphatic heterocycles. The first-order valence-electron chi connectivity index (χ1n) is 5.69.